The van der Waals surface area contributed by atoms with E-state index in [9.17, 15) is 23.8 Å². The molecule has 0 aromatic heterocycles. The lowest BCUT2D eigenvalue weighted by Crippen LogP contribution is -2.58. The summed E-state index contributed by atoms with van der Waals surface area (Å²) >= 11 is 0. The van der Waals surface area contributed by atoms with E-state index in [2.05, 4.69) is 0 Å². The maximum Gasteiger partial charge on any atom is 0.326 e. The van der Waals surface area contributed by atoms with Crippen molar-refractivity contribution in [2.45, 2.75) is 76.0 Å². The second kappa shape index (κ2) is 10.6. The first-order valence-electron chi connectivity index (χ1n) is 7.51. The third kappa shape index (κ3) is 8.41. The summed E-state index contributed by atoms with van der Waals surface area (Å²) in [6.07, 6.45) is 2.24. The van der Waals surface area contributed by atoms with Gasteiger partial charge >= 0.3 is 5.97 Å². The quantitative estimate of drug-likeness (QED) is 0.325. The van der Waals surface area contributed by atoms with Gasteiger partial charge in [0.15, 0.2) is 0 Å². The molecule has 0 radical (unpaired) electrons. The summed E-state index contributed by atoms with van der Waals surface area (Å²) < 4.78 is 23.8. The Morgan fingerprint density at radius 1 is 1.18 bits per heavy atom. The van der Waals surface area contributed by atoms with E-state index < -0.39 is 30.1 Å². The number of aliphatic hydroxyl groups excluding tert-OH is 2. The molecule has 0 aliphatic heterocycles. The highest BCUT2D eigenvalue weighted by Crippen LogP contribution is 2.14. The number of carbonyl (C=O) groups is 1. The number of rotatable bonds is 12. The van der Waals surface area contributed by atoms with Gasteiger partial charge in [0, 0.05) is 6.42 Å². The molecular weight excluding hydrogens is 296 g/mol. The number of unbranched alkanes of at least 4 members (excludes halogenated alkanes) is 4. The zero-order valence-electron chi connectivity index (χ0n) is 12.9. The molecule has 0 saturated heterocycles. The van der Waals surface area contributed by atoms with E-state index in [1.165, 1.54) is 0 Å². The molecular formula is C15H27F2NO4. The SMILES string of the molecule is CC(N)(C(=O)O)C(O)C(O)C/C=C/CCCCCCC(F)F. The van der Waals surface area contributed by atoms with Crippen molar-refractivity contribution in [3.63, 3.8) is 0 Å². The molecule has 5 N–H and O–H groups in total. The molecule has 0 amide bonds. The van der Waals surface area contributed by atoms with Gasteiger partial charge in [-0.3, -0.25) is 4.79 Å². The predicted molar refractivity (Wildman–Crippen MR) is 79.7 cm³/mol. The van der Waals surface area contributed by atoms with Crippen molar-refractivity contribution in [3.05, 3.63) is 12.2 Å². The second-order valence-corrected chi connectivity index (χ2v) is 5.69. The molecule has 7 heteroatoms. The first-order valence-corrected chi connectivity index (χ1v) is 7.51. The molecule has 0 aliphatic carbocycles. The highest BCUT2D eigenvalue weighted by atomic mass is 19.3. The Balaban J connectivity index is 3.82. The third-order valence-electron chi connectivity index (χ3n) is 3.53. The van der Waals surface area contributed by atoms with Crippen molar-refractivity contribution in [2.24, 2.45) is 5.73 Å². The number of alkyl halides is 2. The molecule has 0 rings (SSSR count). The summed E-state index contributed by atoms with van der Waals surface area (Å²) in [6.45, 7) is 1.15. The predicted octanol–water partition coefficient (Wildman–Crippen LogP) is 2.06. The van der Waals surface area contributed by atoms with Crippen LogP contribution >= 0.6 is 0 Å². The molecule has 0 fully saturated rings. The Labute approximate surface area is 129 Å². The minimum Gasteiger partial charge on any atom is -0.480 e. The lowest BCUT2D eigenvalue weighted by molar-refractivity contribution is -0.150. The highest BCUT2D eigenvalue weighted by molar-refractivity contribution is 5.78. The van der Waals surface area contributed by atoms with Crippen LogP contribution < -0.4 is 5.73 Å². The molecule has 0 aromatic rings. The van der Waals surface area contributed by atoms with E-state index in [0.717, 1.165) is 32.6 Å². The second-order valence-electron chi connectivity index (χ2n) is 5.69. The molecule has 0 aliphatic rings. The number of nitrogens with two attached hydrogens (primary N) is 1. The topological polar surface area (TPSA) is 104 Å². The molecule has 130 valence electrons. The Bertz CT molecular complexity index is 348. The smallest absolute Gasteiger partial charge is 0.326 e. The summed E-state index contributed by atoms with van der Waals surface area (Å²) in [4.78, 5) is 10.8. The average molecular weight is 323 g/mol. The average Bonchev–Trinajstić information content (AvgIpc) is 2.43. The number of hydrogen-bond donors (Lipinski definition) is 4. The first kappa shape index (κ1) is 20.9. The van der Waals surface area contributed by atoms with Crippen LogP contribution in [0.4, 0.5) is 8.78 Å². The summed E-state index contributed by atoms with van der Waals surface area (Å²) in [7, 11) is 0. The van der Waals surface area contributed by atoms with E-state index in [1.807, 2.05) is 6.08 Å². The normalized spacial score (nSPS) is 17.6. The monoisotopic (exact) mass is 323 g/mol. The van der Waals surface area contributed by atoms with Crippen molar-refractivity contribution >= 4 is 5.97 Å². The number of aliphatic hydroxyl groups is 2. The van der Waals surface area contributed by atoms with E-state index in [4.69, 9.17) is 10.8 Å². The van der Waals surface area contributed by atoms with Crippen LogP contribution in [-0.4, -0.2) is 45.5 Å². The van der Waals surface area contributed by atoms with Gasteiger partial charge in [0.25, 0.3) is 0 Å². The zero-order valence-corrected chi connectivity index (χ0v) is 12.9. The molecule has 0 bridgehead atoms. The van der Waals surface area contributed by atoms with Crippen LogP contribution in [0.15, 0.2) is 12.2 Å². The van der Waals surface area contributed by atoms with Crippen LogP contribution in [0.3, 0.4) is 0 Å². The maximum atomic E-state index is 11.9. The van der Waals surface area contributed by atoms with Crippen LogP contribution in [0.5, 0.6) is 0 Å². The Morgan fingerprint density at radius 2 is 1.77 bits per heavy atom. The third-order valence-corrected chi connectivity index (χ3v) is 3.53. The molecule has 0 heterocycles. The summed E-state index contributed by atoms with van der Waals surface area (Å²) in [6, 6.07) is 0. The van der Waals surface area contributed by atoms with E-state index in [1.54, 1.807) is 6.08 Å². The fourth-order valence-corrected chi connectivity index (χ4v) is 1.92. The summed E-state index contributed by atoms with van der Waals surface area (Å²) in [5.74, 6) is -1.38. The molecule has 3 atom stereocenters. The highest BCUT2D eigenvalue weighted by Gasteiger charge is 2.40. The van der Waals surface area contributed by atoms with E-state index >= 15 is 0 Å². The number of halogens is 2. The van der Waals surface area contributed by atoms with Crippen molar-refractivity contribution in [3.8, 4) is 0 Å². The number of aliphatic carboxylic acids is 1. The summed E-state index contributed by atoms with van der Waals surface area (Å²) in [5.41, 5.74) is 3.53. The van der Waals surface area contributed by atoms with Gasteiger partial charge in [0.05, 0.1) is 6.10 Å². The van der Waals surface area contributed by atoms with Crippen molar-refractivity contribution < 1.29 is 28.9 Å². The molecule has 22 heavy (non-hydrogen) atoms. The molecule has 0 saturated carbocycles. The number of carboxylic acids is 1. The minimum atomic E-state index is -2.23. The van der Waals surface area contributed by atoms with Crippen LogP contribution in [0, 0.1) is 0 Å². The summed E-state index contributed by atoms with van der Waals surface area (Å²) in [5, 5.41) is 28.3. The minimum absolute atomic E-state index is 0.0542. The Hall–Kier alpha value is -1.05. The molecule has 0 spiro atoms. The van der Waals surface area contributed by atoms with E-state index in [0.29, 0.717) is 6.42 Å². The van der Waals surface area contributed by atoms with Gasteiger partial charge in [-0.15, -0.1) is 0 Å². The van der Waals surface area contributed by atoms with Crippen LogP contribution in [0.1, 0.15) is 51.9 Å². The van der Waals surface area contributed by atoms with Crippen LogP contribution in [0.2, 0.25) is 0 Å². The van der Waals surface area contributed by atoms with Crippen LogP contribution in [-0.2, 0) is 4.79 Å². The fourth-order valence-electron chi connectivity index (χ4n) is 1.92. The van der Waals surface area contributed by atoms with Gasteiger partial charge in [-0.2, -0.15) is 0 Å². The standard InChI is InChI=1S/C15H27F2NO4/c1-15(18,14(21)22)13(20)11(19)9-7-5-3-2-4-6-8-10-12(16)17/h5,7,11-13,19-20H,2-4,6,8-10,18H2,1H3,(H,21,22)/b7-5+. The molecule has 3 unspecified atom stereocenters. The first-order chi connectivity index (χ1) is 10.2. The number of allylic oxidation sites excluding steroid dienone is 1. The zero-order chi connectivity index (χ0) is 17.2. The van der Waals surface area contributed by atoms with Gasteiger partial charge in [-0.1, -0.05) is 25.0 Å². The maximum absolute atomic E-state index is 11.9. The number of carboxylic acid groups (broad SMARTS) is 1. The van der Waals surface area contributed by atoms with Crippen molar-refractivity contribution in [1.29, 1.82) is 0 Å². The fraction of sp³-hybridized carbons (Fsp3) is 0.800. The molecule has 5 nitrogen and oxygen atoms in total. The largest absolute Gasteiger partial charge is 0.480 e. The Kier molecular flexibility index (Phi) is 10.1. The molecule has 0 aromatic carbocycles. The van der Waals surface area contributed by atoms with Gasteiger partial charge in [0.1, 0.15) is 11.6 Å². The van der Waals surface area contributed by atoms with Gasteiger partial charge in [0.2, 0.25) is 6.43 Å². The number of hydrogen-bond acceptors (Lipinski definition) is 4. The lowest BCUT2D eigenvalue weighted by Gasteiger charge is -2.28. The Morgan fingerprint density at radius 3 is 2.32 bits per heavy atom. The van der Waals surface area contributed by atoms with Gasteiger partial charge in [-0.25, -0.2) is 8.78 Å². The lowest BCUT2D eigenvalue weighted by atomic mass is 9.90. The van der Waals surface area contributed by atoms with Crippen molar-refractivity contribution in [2.75, 3.05) is 0 Å². The van der Waals surface area contributed by atoms with Crippen molar-refractivity contribution in [1.82, 2.24) is 0 Å². The van der Waals surface area contributed by atoms with E-state index in [-0.39, 0.29) is 12.8 Å². The van der Waals surface area contributed by atoms with Gasteiger partial charge in [-0.05, 0) is 32.6 Å². The van der Waals surface area contributed by atoms with Gasteiger partial charge < -0.3 is 21.1 Å². The van der Waals surface area contributed by atoms with Crippen LogP contribution in [0.25, 0.3) is 0 Å².